The lowest BCUT2D eigenvalue weighted by atomic mass is 9.68. The Morgan fingerprint density at radius 2 is 1.93 bits per heavy atom. The number of allylic oxidation sites excluding steroid dienone is 9. The second-order valence-corrected chi connectivity index (χ2v) is 8.20. The van der Waals surface area contributed by atoms with Crippen LogP contribution in [0.15, 0.2) is 71.4 Å². The van der Waals surface area contributed by atoms with Crippen LogP contribution < -0.4 is 0 Å². The molecule has 0 saturated heterocycles. The maximum atomic E-state index is 10.7. The van der Waals surface area contributed by atoms with Gasteiger partial charge in [-0.15, -0.1) is 10.2 Å². The molecule has 0 bridgehead atoms. The Hall–Kier alpha value is -2.69. The van der Waals surface area contributed by atoms with E-state index in [9.17, 15) is 4.79 Å². The van der Waals surface area contributed by atoms with E-state index in [1.807, 2.05) is 12.2 Å². The largest absolute Gasteiger partial charge is 0.478 e. The second-order valence-electron chi connectivity index (χ2n) is 8.20. The van der Waals surface area contributed by atoms with Gasteiger partial charge in [0.15, 0.2) is 0 Å². The third kappa shape index (κ3) is 6.19. The lowest BCUT2D eigenvalue weighted by Gasteiger charge is -2.37. The molecule has 0 saturated carbocycles. The summed E-state index contributed by atoms with van der Waals surface area (Å²) < 4.78 is 2.05. The maximum absolute atomic E-state index is 10.7. The molecule has 0 radical (unpaired) electrons. The highest BCUT2D eigenvalue weighted by Gasteiger charge is 2.31. The molecule has 0 aliphatic heterocycles. The van der Waals surface area contributed by atoms with Crippen molar-refractivity contribution in [2.75, 3.05) is 0 Å². The zero-order valence-corrected chi connectivity index (χ0v) is 17.5. The molecule has 5 heteroatoms. The van der Waals surface area contributed by atoms with Crippen LogP contribution >= 0.6 is 0 Å². The third-order valence-electron chi connectivity index (χ3n) is 5.36. The van der Waals surface area contributed by atoms with Crippen molar-refractivity contribution in [2.45, 2.75) is 54.0 Å². The van der Waals surface area contributed by atoms with Gasteiger partial charge in [0, 0.05) is 12.6 Å². The Morgan fingerprint density at radius 3 is 2.57 bits per heavy atom. The van der Waals surface area contributed by atoms with Crippen LogP contribution in [-0.2, 0) is 11.3 Å². The Bertz CT molecular complexity index is 837. The summed E-state index contributed by atoms with van der Waals surface area (Å²) in [6.07, 6.45) is 17.1. The normalized spacial score (nSPS) is 21.1. The van der Waals surface area contributed by atoms with E-state index < -0.39 is 5.97 Å². The smallest absolute Gasteiger partial charge is 0.328 e. The zero-order valence-electron chi connectivity index (χ0n) is 17.5. The van der Waals surface area contributed by atoms with Gasteiger partial charge < -0.3 is 9.67 Å². The fraction of sp³-hybridized carbons (Fsp3) is 0.435. The van der Waals surface area contributed by atoms with Gasteiger partial charge in [-0.25, -0.2) is 4.79 Å². The number of hydrogen-bond donors (Lipinski definition) is 1. The minimum atomic E-state index is -0.925. The summed E-state index contributed by atoms with van der Waals surface area (Å²) in [6, 6.07) is 0. The van der Waals surface area contributed by atoms with E-state index >= 15 is 0 Å². The molecule has 150 valence electrons. The second kappa shape index (κ2) is 9.49. The van der Waals surface area contributed by atoms with Gasteiger partial charge in [-0.3, -0.25) is 0 Å². The molecule has 1 aliphatic carbocycles. The highest BCUT2D eigenvalue weighted by Crippen LogP contribution is 2.44. The molecule has 1 N–H and O–H groups in total. The molecule has 0 aromatic carbocycles. The van der Waals surface area contributed by atoms with Gasteiger partial charge in [0.1, 0.15) is 12.7 Å². The van der Waals surface area contributed by atoms with Crippen LogP contribution in [0.2, 0.25) is 0 Å². The molecule has 0 spiro atoms. The molecule has 0 fully saturated rings. The number of nitrogens with zero attached hydrogens (tertiary/aromatic N) is 3. The van der Waals surface area contributed by atoms with E-state index in [2.05, 4.69) is 54.6 Å². The lowest BCUT2D eigenvalue weighted by molar-refractivity contribution is -0.131. The van der Waals surface area contributed by atoms with Crippen LogP contribution in [0.1, 0.15) is 47.5 Å². The summed E-state index contributed by atoms with van der Waals surface area (Å²) in [4.78, 5) is 10.7. The summed E-state index contributed by atoms with van der Waals surface area (Å²) in [6.45, 7) is 11.6. The Labute approximate surface area is 167 Å². The highest BCUT2D eigenvalue weighted by molar-refractivity contribution is 5.81. The van der Waals surface area contributed by atoms with E-state index in [1.54, 1.807) is 25.7 Å². The van der Waals surface area contributed by atoms with E-state index in [0.29, 0.717) is 11.5 Å². The Morgan fingerprint density at radius 1 is 1.25 bits per heavy atom. The van der Waals surface area contributed by atoms with Gasteiger partial charge in [0.2, 0.25) is 0 Å². The van der Waals surface area contributed by atoms with E-state index in [-0.39, 0.29) is 5.41 Å². The van der Waals surface area contributed by atoms with E-state index in [1.165, 1.54) is 23.6 Å². The maximum Gasteiger partial charge on any atom is 0.328 e. The van der Waals surface area contributed by atoms with Crippen molar-refractivity contribution in [1.82, 2.24) is 14.8 Å². The van der Waals surface area contributed by atoms with Crippen LogP contribution in [0.4, 0.5) is 0 Å². The predicted molar refractivity (Wildman–Crippen MR) is 113 cm³/mol. The fourth-order valence-electron chi connectivity index (χ4n) is 3.66. The van der Waals surface area contributed by atoms with Crippen LogP contribution in [0.5, 0.6) is 0 Å². The monoisotopic (exact) mass is 381 g/mol. The molecule has 1 unspecified atom stereocenters. The first kappa shape index (κ1) is 21.6. The van der Waals surface area contributed by atoms with Crippen molar-refractivity contribution in [3.8, 4) is 0 Å². The summed E-state index contributed by atoms with van der Waals surface area (Å²) in [5.74, 6) is -0.428. The average Bonchev–Trinajstić information content (AvgIpc) is 3.09. The molecule has 1 aromatic heterocycles. The van der Waals surface area contributed by atoms with E-state index in [0.717, 1.165) is 18.5 Å². The first-order valence-corrected chi connectivity index (χ1v) is 9.67. The van der Waals surface area contributed by atoms with Gasteiger partial charge >= 0.3 is 5.97 Å². The van der Waals surface area contributed by atoms with Crippen LogP contribution in [0, 0.1) is 11.3 Å². The number of carboxylic acids is 1. The molecular weight excluding hydrogens is 350 g/mol. The van der Waals surface area contributed by atoms with Crippen LogP contribution in [0.25, 0.3) is 0 Å². The zero-order chi connectivity index (χ0) is 20.7. The number of hydrogen-bond acceptors (Lipinski definition) is 3. The van der Waals surface area contributed by atoms with Crippen molar-refractivity contribution in [3.63, 3.8) is 0 Å². The number of carboxylic acid groups (broad SMARTS) is 1. The van der Waals surface area contributed by atoms with Crippen LogP contribution in [-0.4, -0.2) is 25.8 Å². The molecule has 5 nitrogen and oxygen atoms in total. The first-order valence-electron chi connectivity index (χ1n) is 9.67. The van der Waals surface area contributed by atoms with Crippen molar-refractivity contribution in [3.05, 3.63) is 71.4 Å². The summed E-state index contributed by atoms with van der Waals surface area (Å²) in [5.41, 5.74) is 4.82. The number of aliphatic carboxylic acids is 1. The van der Waals surface area contributed by atoms with Gasteiger partial charge in [0.05, 0.1) is 0 Å². The van der Waals surface area contributed by atoms with Gasteiger partial charge in [0.25, 0.3) is 0 Å². The minimum absolute atomic E-state index is 0.154. The standard InChI is InChI=1S/C23H31N3O2/c1-17(7-6-8-18(2)13-22(27)28)9-10-21-19(3)20(11-12-23(21,4)5)14-26-15-24-25-16-26/h6-10,13,15-16,20H,11-12,14H2,1-5H3,(H,27,28)/b8-6+,10-9+,17-7+,18-13+. The van der Waals surface area contributed by atoms with Crippen molar-refractivity contribution >= 4 is 5.97 Å². The number of rotatable bonds is 7. The van der Waals surface area contributed by atoms with Crippen molar-refractivity contribution < 1.29 is 9.90 Å². The lowest BCUT2D eigenvalue weighted by Crippen LogP contribution is -2.26. The summed E-state index contributed by atoms with van der Waals surface area (Å²) in [7, 11) is 0. The topological polar surface area (TPSA) is 68.0 Å². The molecule has 1 atom stereocenters. The van der Waals surface area contributed by atoms with Gasteiger partial charge in [-0.05, 0) is 56.1 Å². The minimum Gasteiger partial charge on any atom is -0.478 e. The molecule has 28 heavy (non-hydrogen) atoms. The average molecular weight is 382 g/mol. The molecule has 2 rings (SSSR count). The summed E-state index contributed by atoms with van der Waals surface area (Å²) >= 11 is 0. The SMILES string of the molecule is CC1=C(/C=C/C(C)=C/C=C/C(C)=C/C(=O)O)C(C)(C)CCC1Cn1cnnc1. The number of carbonyl (C=O) groups is 1. The first-order chi connectivity index (χ1) is 13.2. The molecule has 0 amide bonds. The number of aromatic nitrogens is 3. The highest BCUT2D eigenvalue weighted by atomic mass is 16.4. The molecule has 1 heterocycles. The van der Waals surface area contributed by atoms with Gasteiger partial charge in [-0.1, -0.05) is 55.4 Å². The van der Waals surface area contributed by atoms with Crippen molar-refractivity contribution in [2.24, 2.45) is 11.3 Å². The third-order valence-corrected chi connectivity index (χ3v) is 5.36. The predicted octanol–water partition coefficient (Wildman–Crippen LogP) is 5.12. The van der Waals surface area contributed by atoms with Crippen molar-refractivity contribution in [1.29, 1.82) is 0 Å². The molecule has 1 aliphatic rings. The molecular formula is C23H31N3O2. The van der Waals surface area contributed by atoms with Gasteiger partial charge in [-0.2, -0.15) is 0 Å². The summed E-state index contributed by atoms with van der Waals surface area (Å²) in [5, 5.41) is 16.6. The van der Waals surface area contributed by atoms with Crippen LogP contribution in [0.3, 0.4) is 0 Å². The Balaban J connectivity index is 2.16. The fourth-order valence-corrected chi connectivity index (χ4v) is 3.66. The van der Waals surface area contributed by atoms with E-state index in [4.69, 9.17) is 5.11 Å². The Kier molecular flexibility index (Phi) is 7.32. The quantitative estimate of drug-likeness (QED) is 0.526. The molecule has 1 aromatic rings.